The minimum atomic E-state index is -0.878. The second-order valence-corrected chi connectivity index (χ2v) is 9.12. The Balaban J connectivity index is 1.88. The van der Waals surface area contributed by atoms with Gasteiger partial charge in [0, 0.05) is 13.0 Å². The molecule has 0 aliphatic carbocycles. The molecular weight excluding hydrogens is 344 g/mol. The van der Waals surface area contributed by atoms with Gasteiger partial charge in [0.25, 0.3) is 0 Å². The van der Waals surface area contributed by atoms with Gasteiger partial charge < -0.3 is 14.4 Å². The van der Waals surface area contributed by atoms with Crippen LogP contribution in [0.2, 0.25) is 0 Å². The number of hydrogen-bond donors (Lipinski definition) is 0. The number of nitrogens with zero attached hydrogens (tertiary/aromatic N) is 2. The van der Waals surface area contributed by atoms with E-state index in [1.54, 1.807) is 21.6 Å². The van der Waals surface area contributed by atoms with E-state index in [-0.39, 0.29) is 17.3 Å². The van der Waals surface area contributed by atoms with Crippen LogP contribution in [0.1, 0.15) is 46.5 Å². The van der Waals surface area contributed by atoms with Crippen molar-refractivity contribution in [2.24, 2.45) is 0 Å². The average Bonchev–Trinajstić information content (AvgIpc) is 3.08. The number of carbonyl (C=O) groups excluding carboxylic acids is 3. The molecule has 0 saturated carbocycles. The lowest BCUT2D eigenvalue weighted by Gasteiger charge is -2.36. The number of esters is 1. The van der Waals surface area contributed by atoms with Gasteiger partial charge in [0.05, 0.1) is 12.5 Å². The van der Waals surface area contributed by atoms with E-state index < -0.39 is 23.3 Å². The van der Waals surface area contributed by atoms with E-state index in [4.69, 9.17) is 9.47 Å². The normalized spacial score (nSPS) is 32.1. The molecule has 0 radical (unpaired) electrons. The number of fused-ring (bicyclic) bond motifs is 1. The molecule has 7 nitrogen and oxygen atoms in total. The van der Waals surface area contributed by atoms with Gasteiger partial charge in [-0.15, -0.1) is 11.8 Å². The van der Waals surface area contributed by atoms with Crippen LogP contribution in [0.15, 0.2) is 0 Å². The number of amides is 2. The predicted molar refractivity (Wildman–Crippen MR) is 93.0 cm³/mol. The molecule has 3 rings (SSSR count). The summed E-state index contributed by atoms with van der Waals surface area (Å²) < 4.78 is 10.4. The van der Waals surface area contributed by atoms with Crippen molar-refractivity contribution in [3.05, 3.63) is 0 Å². The summed E-state index contributed by atoms with van der Waals surface area (Å²) >= 11 is 1.68. The summed E-state index contributed by atoms with van der Waals surface area (Å²) in [4.78, 5) is 41.4. The Morgan fingerprint density at radius 2 is 2.04 bits per heavy atom. The first-order valence-electron chi connectivity index (χ1n) is 8.72. The zero-order valence-electron chi connectivity index (χ0n) is 15.2. The van der Waals surface area contributed by atoms with E-state index in [2.05, 4.69) is 0 Å². The highest BCUT2D eigenvalue weighted by molar-refractivity contribution is 7.99. The highest BCUT2D eigenvalue weighted by Gasteiger charge is 2.62. The Morgan fingerprint density at radius 1 is 1.32 bits per heavy atom. The molecule has 3 saturated heterocycles. The second kappa shape index (κ2) is 6.37. The molecule has 2 amide bonds. The highest BCUT2D eigenvalue weighted by atomic mass is 32.2. The molecule has 0 aromatic rings. The van der Waals surface area contributed by atoms with Crippen molar-refractivity contribution in [3.63, 3.8) is 0 Å². The fraction of sp³-hybridized carbons (Fsp3) is 0.824. The molecule has 3 unspecified atom stereocenters. The van der Waals surface area contributed by atoms with E-state index in [1.807, 2.05) is 20.8 Å². The number of methoxy groups -OCH3 is 1. The Morgan fingerprint density at radius 3 is 2.68 bits per heavy atom. The molecule has 0 aromatic heterocycles. The van der Waals surface area contributed by atoms with Crippen LogP contribution in [0.5, 0.6) is 0 Å². The molecule has 0 bridgehead atoms. The second-order valence-electron chi connectivity index (χ2n) is 7.84. The Hall–Kier alpha value is -1.44. The van der Waals surface area contributed by atoms with Crippen LogP contribution in [-0.2, 0) is 19.1 Å². The van der Waals surface area contributed by atoms with E-state index in [1.165, 1.54) is 7.11 Å². The van der Waals surface area contributed by atoms with E-state index in [0.29, 0.717) is 25.8 Å². The van der Waals surface area contributed by atoms with Gasteiger partial charge in [-0.2, -0.15) is 0 Å². The van der Waals surface area contributed by atoms with Crippen molar-refractivity contribution in [2.75, 3.05) is 19.4 Å². The van der Waals surface area contributed by atoms with Gasteiger partial charge in [-0.1, -0.05) is 0 Å². The number of ether oxygens (including phenoxy) is 2. The van der Waals surface area contributed by atoms with Gasteiger partial charge in [-0.25, -0.2) is 9.59 Å². The zero-order valence-corrected chi connectivity index (χ0v) is 16.1. The average molecular weight is 370 g/mol. The van der Waals surface area contributed by atoms with Crippen LogP contribution in [0.3, 0.4) is 0 Å². The molecular formula is C17H26N2O5S. The zero-order chi connectivity index (χ0) is 18.4. The first kappa shape index (κ1) is 18.4. The lowest BCUT2D eigenvalue weighted by Crippen LogP contribution is -2.56. The topological polar surface area (TPSA) is 76.1 Å². The van der Waals surface area contributed by atoms with E-state index in [9.17, 15) is 14.4 Å². The summed E-state index contributed by atoms with van der Waals surface area (Å²) in [6.45, 7) is 5.96. The van der Waals surface area contributed by atoms with Crippen molar-refractivity contribution >= 4 is 29.7 Å². The summed E-state index contributed by atoms with van der Waals surface area (Å²) in [6, 6.07) is -0.552. The molecule has 25 heavy (non-hydrogen) atoms. The quantitative estimate of drug-likeness (QED) is 0.657. The van der Waals surface area contributed by atoms with Gasteiger partial charge in [0.15, 0.2) is 0 Å². The third-order valence-electron chi connectivity index (χ3n) is 5.07. The highest BCUT2D eigenvalue weighted by Crippen LogP contribution is 2.48. The van der Waals surface area contributed by atoms with Crippen LogP contribution in [0, 0.1) is 0 Å². The third kappa shape index (κ3) is 3.09. The smallest absolute Gasteiger partial charge is 0.411 e. The van der Waals surface area contributed by atoms with E-state index >= 15 is 0 Å². The molecule has 0 N–H and O–H groups in total. The lowest BCUT2D eigenvalue weighted by molar-refractivity contribution is -0.154. The van der Waals surface area contributed by atoms with Crippen LogP contribution in [-0.4, -0.2) is 69.7 Å². The van der Waals surface area contributed by atoms with Gasteiger partial charge in [0.1, 0.15) is 17.2 Å². The molecule has 140 valence electrons. The van der Waals surface area contributed by atoms with Crippen LogP contribution in [0.25, 0.3) is 0 Å². The fourth-order valence-corrected chi connectivity index (χ4v) is 5.47. The Kier molecular flexibility index (Phi) is 4.68. The molecule has 3 heterocycles. The molecule has 3 atom stereocenters. The minimum Gasteiger partial charge on any atom is -0.467 e. The maximum atomic E-state index is 13.3. The predicted octanol–water partition coefficient (Wildman–Crippen LogP) is 1.99. The molecule has 8 heteroatoms. The summed E-state index contributed by atoms with van der Waals surface area (Å²) in [6.07, 6.45) is 2.06. The molecule has 3 fully saturated rings. The summed E-state index contributed by atoms with van der Waals surface area (Å²) in [7, 11) is 1.35. The summed E-state index contributed by atoms with van der Waals surface area (Å²) in [5, 5.41) is -0.0895. The van der Waals surface area contributed by atoms with E-state index in [0.717, 1.165) is 12.2 Å². The third-order valence-corrected chi connectivity index (χ3v) is 6.32. The van der Waals surface area contributed by atoms with Crippen LogP contribution < -0.4 is 0 Å². The van der Waals surface area contributed by atoms with Crippen molar-refractivity contribution in [1.82, 2.24) is 9.80 Å². The Labute approximate surface area is 152 Å². The number of likely N-dealkylation sites (tertiary alicyclic amines) is 1. The SMILES string of the molecule is COC(=O)C1CCSC2CC3(CCCN3C(=O)OC(C)(C)C)C(=O)N21. The van der Waals surface area contributed by atoms with Gasteiger partial charge in [-0.05, 0) is 45.8 Å². The van der Waals surface area contributed by atoms with Gasteiger partial charge in [0.2, 0.25) is 5.91 Å². The summed E-state index contributed by atoms with van der Waals surface area (Å²) in [5.41, 5.74) is -1.49. The molecule has 1 spiro atoms. The number of rotatable bonds is 1. The number of carbonyl (C=O) groups is 3. The maximum Gasteiger partial charge on any atom is 0.411 e. The van der Waals surface area contributed by atoms with Crippen molar-refractivity contribution in [1.29, 1.82) is 0 Å². The van der Waals surface area contributed by atoms with Crippen molar-refractivity contribution in [2.45, 2.75) is 69.0 Å². The van der Waals surface area contributed by atoms with Gasteiger partial charge in [-0.3, -0.25) is 9.69 Å². The Bertz CT molecular complexity index is 590. The first-order valence-corrected chi connectivity index (χ1v) is 9.77. The largest absolute Gasteiger partial charge is 0.467 e. The minimum absolute atomic E-state index is 0.0895. The maximum absolute atomic E-state index is 13.3. The van der Waals surface area contributed by atoms with Crippen molar-refractivity contribution in [3.8, 4) is 0 Å². The molecule has 3 aliphatic heterocycles. The fourth-order valence-electron chi connectivity index (χ4n) is 4.05. The number of hydrogen-bond acceptors (Lipinski definition) is 6. The molecule has 3 aliphatic rings. The summed E-state index contributed by atoms with van der Waals surface area (Å²) in [5.74, 6) is 0.289. The standard InChI is InChI=1S/C17H26N2O5S/c1-16(2,3)24-15(22)18-8-5-7-17(18)10-12-19(14(17)21)11(6-9-25-12)13(20)23-4/h11-12H,5-10H2,1-4H3. The number of thioether (sulfide) groups is 1. The monoisotopic (exact) mass is 370 g/mol. The van der Waals surface area contributed by atoms with Gasteiger partial charge >= 0.3 is 12.1 Å². The van der Waals surface area contributed by atoms with Crippen LogP contribution >= 0.6 is 11.8 Å². The molecule has 0 aromatic carbocycles. The van der Waals surface area contributed by atoms with Crippen LogP contribution in [0.4, 0.5) is 4.79 Å². The first-order chi connectivity index (χ1) is 11.7. The lowest BCUT2D eigenvalue weighted by atomic mass is 9.94. The van der Waals surface area contributed by atoms with Crippen molar-refractivity contribution < 1.29 is 23.9 Å².